The van der Waals surface area contributed by atoms with Crippen molar-refractivity contribution in [2.24, 2.45) is 0 Å². The van der Waals surface area contributed by atoms with Gasteiger partial charge in [0, 0.05) is 0 Å². The summed E-state index contributed by atoms with van der Waals surface area (Å²) in [6.45, 7) is 0. The van der Waals surface area contributed by atoms with E-state index in [-0.39, 0.29) is 59.1 Å². The second-order valence-electron chi connectivity index (χ2n) is 0.480. The van der Waals surface area contributed by atoms with Crippen LogP contribution in [-0.4, -0.2) is 67.5 Å². The zero-order valence-corrected chi connectivity index (χ0v) is 7.90. The minimum absolute atomic E-state index is 0. The molecule has 0 aliphatic carbocycles. The summed E-state index contributed by atoms with van der Waals surface area (Å²) >= 11 is 0. The minimum Gasteiger partial charge on any atom is -1.00 e. The van der Waals surface area contributed by atoms with Crippen LogP contribution in [0.25, 0.3) is 0 Å². The number of rotatable bonds is 1. The molecule has 0 atom stereocenters. The van der Waals surface area contributed by atoms with Gasteiger partial charge in [-0.15, -0.1) is 0 Å². The van der Waals surface area contributed by atoms with Gasteiger partial charge in [0.05, 0.1) is 0 Å². The Hall–Kier alpha value is 0.706. The SMILES string of the molecule is O=BOC(=O)O.[Ba+2].[H-].[H-]. The smallest absolute Gasteiger partial charge is 1.00 e. The van der Waals surface area contributed by atoms with Crippen LogP contribution in [0.15, 0.2) is 0 Å². The van der Waals surface area contributed by atoms with Gasteiger partial charge in [-0.2, -0.15) is 0 Å². The molecule has 4 nitrogen and oxygen atoms in total. The molecule has 1 N–H and O–H groups in total. The molecule has 0 spiro atoms. The van der Waals surface area contributed by atoms with E-state index >= 15 is 0 Å². The normalized spacial score (nSPS) is 5.14. The Morgan fingerprint density at radius 1 is 1.86 bits per heavy atom. The molecule has 0 rings (SSSR count). The first-order valence-corrected chi connectivity index (χ1v) is 1.10. The third-order valence-electron chi connectivity index (χ3n) is 0.149. The zero-order chi connectivity index (χ0) is 4.99. The van der Waals surface area contributed by atoms with Crippen molar-refractivity contribution in [2.45, 2.75) is 0 Å². The fraction of sp³-hybridized carbons (Fsp3) is 0. The predicted octanol–water partition coefficient (Wildman–Crippen LogP) is -0.510. The summed E-state index contributed by atoms with van der Waals surface area (Å²) in [6.07, 6.45) is -1.58. The van der Waals surface area contributed by atoms with Gasteiger partial charge in [0.15, 0.2) is 0 Å². The third-order valence-corrected chi connectivity index (χ3v) is 0.149. The molecular weight excluding hydrogens is 224 g/mol. The van der Waals surface area contributed by atoms with Gasteiger partial charge in [0.1, 0.15) is 0 Å². The van der Waals surface area contributed by atoms with Gasteiger partial charge in [-0.25, -0.2) is 0 Å². The number of hydrogen-bond donors (Lipinski definition) is 1. The monoisotopic (exact) mass is 228 g/mol. The molecule has 36 valence electrons. The zero-order valence-electron chi connectivity index (χ0n) is 5.46. The van der Waals surface area contributed by atoms with Crippen LogP contribution < -0.4 is 0 Å². The largest absolute Gasteiger partial charge is 2.00 e. The molecule has 0 aromatic rings. The van der Waals surface area contributed by atoms with Crippen molar-refractivity contribution in [3.05, 3.63) is 0 Å². The Morgan fingerprint density at radius 3 is 2.29 bits per heavy atom. The maximum atomic E-state index is 9.15. The van der Waals surface area contributed by atoms with E-state index in [1.165, 1.54) is 0 Å². The van der Waals surface area contributed by atoms with E-state index in [2.05, 4.69) is 4.65 Å². The van der Waals surface area contributed by atoms with Crippen molar-refractivity contribution in [2.75, 3.05) is 0 Å². The second-order valence-corrected chi connectivity index (χ2v) is 0.480. The van der Waals surface area contributed by atoms with Gasteiger partial charge in [0.25, 0.3) is 0 Å². The molecule has 0 saturated heterocycles. The summed E-state index contributed by atoms with van der Waals surface area (Å²) in [7, 11) is -0.150. The summed E-state index contributed by atoms with van der Waals surface area (Å²) < 4.78 is 12.3. The molecular formula is CH3BBaO4. The fourth-order valence-electron chi connectivity index (χ4n) is 0.0412. The van der Waals surface area contributed by atoms with Gasteiger partial charge < -0.3 is 2.85 Å². The van der Waals surface area contributed by atoms with Crippen LogP contribution in [0.1, 0.15) is 2.85 Å². The Bertz CT molecular complexity index is 79.0. The number of carboxylic acid groups (broad SMARTS) is 1. The minimum atomic E-state index is -1.58. The molecule has 0 heterocycles. The molecule has 0 aliphatic rings. The molecule has 0 fully saturated rings. The topological polar surface area (TPSA) is 63.6 Å². The first-order chi connectivity index (χ1) is 2.77. The van der Waals surface area contributed by atoms with Crippen molar-refractivity contribution >= 4 is 62.4 Å². The van der Waals surface area contributed by atoms with Crippen molar-refractivity contribution in [3.8, 4) is 0 Å². The summed E-state index contributed by atoms with van der Waals surface area (Å²) in [5.41, 5.74) is 0. The molecule has 0 bridgehead atoms. The molecule has 0 aromatic carbocycles. The maximum Gasteiger partial charge on any atom is 2.00 e. The first-order valence-electron chi connectivity index (χ1n) is 1.10. The third kappa shape index (κ3) is 10.8. The summed E-state index contributed by atoms with van der Waals surface area (Å²) in [4.78, 5) is 9.15. The molecule has 6 heteroatoms. The number of carbonyl (C=O) groups is 1. The van der Waals surface area contributed by atoms with Gasteiger partial charge in [-0.05, 0) is 0 Å². The Balaban J connectivity index is -0.0000000417. The van der Waals surface area contributed by atoms with Crippen LogP contribution in [0.4, 0.5) is 4.79 Å². The average Bonchev–Trinajstić information content (AvgIpc) is 1.35. The summed E-state index contributed by atoms with van der Waals surface area (Å²) in [5, 5.41) is 7.46. The van der Waals surface area contributed by atoms with Crippen LogP contribution >= 0.6 is 0 Å². The van der Waals surface area contributed by atoms with E-state index in [0.717, 1.165) is 0 Å². The van der Waals surface area contributed by atoms with E-state index in [1.807, 2.05) is 0 Å². The van der Waals surface area contributed by atoms with Crippen LogP contribution in [0, 0.1) is 0 Å². The number of hydrogen-bond acceptors (Lipinski definition) is 3. The van der Waals surface area contributed by atoms with E-state index in [0.29, 0.717) is 0 Å². The quantitative estimate of drug-likeness (QED) is 0.613. The summed E-state index contributed by atoms with van der Waals surface area (Å²) in [5.74, 6) is 0. The van der Waals surface area contributed by atoms with E-state index in [1.54, 1.807) is 0 Å². The van der Waals surface area contributed by atoms with Crippen molar-refractivity contribution < 1.29 is 22.1 Å². The van der Waals surface area contributed by atoms with Gasteiger partial charge >= 0.3 is 81.6 Å². The van der Waals surface area contributed by atoms with E-state index < -0.39 is 6.16 Å². The standard InChI is InChI=1S/CHBO4.Ba.2H/c3-1(4)6-2-5;;;/h(H,3,4);;;/q;+2;2*-1. The first kappa shape index (κ1) is 10.6. The molecule has 0 aromatic heterocycles. The maximum absolute atomic E-state index is 9.15. The van der Waals surface area contributed by atoms with Gasteiger partial charge in [-0.1, -0.05) is 0 Å². The predicted molar refractivity (Wildman–Crippen MR) is 23.5 cm³/mol. The second kappa shape index (κ2) is 6.71. The Labute approximate surface area is 83.6 Å². The van der Waals surface area contributed by atoms with Crippen molar-refractivity contribution in [1.29, 1.82) is 0 Å². The molecule has 0 aliphatic heterocycles. The van der Waals surface area contributed by atoms with Crippen LogP contribution in [0.3, 0.4) is 0 Å². The van der Waals surface area contributed by atoms with Gasteiger partial charge in [-0.3, -0.25) is 0 Å². The molecule has 7 heavy (non-hydrogen) atoms. The van der Waals surface area contributed by atoms with Crippen molar-refractivity contribution in [3.63, 3.8) is 0 Å². The van der Waals surface area contributed by atoms with Crippen molar-refractivity contribution in [1.82, 2.24) is 0 Å². The van der Waals surface area contributed by atoms with Crippen LogP contribution in [0.2, 0.25) is 0 Å². The Morgan fingerprint density at radius 2 is 2.29 bits per heavy atom. The Kier molecular flexibility index (Phi) is 10.2. The van der Waals surface area contributed by atoms with E-state index in [4.69, 9.17) is 14.6 Å². The molecule has 0 radical (unpaired) electrons. The average molecular weight is 227 g/mol. The fourth-order valence-corrected chi connectivity index (χ4v) is 0.0412. The molecule has 0 unspecified atom stereocenters. The van der Waals surface area contributed by atoms with Crippen LogP contribution in [0.5, 0.6) is 0 Å². The molecule has 0 amide bonds. The van der Waals surface area contributed by atoms with Crippen LogP contribution in [-0.2, 0) is 9.36 Å². The molecule has 0 saturated carbocycles. The van der Waals surface area contributed by atoms with Gasteiger partial charge in [0.2, 0.25) is 0 Å². The summed E-state index contributed by atoms with van der Waals surface area (Å²) in [6, 6.07) is 0. The van der Waals surface area contributed by atoms with E-state index in [9.17, 15) is 0 Å².